The summed E-state index contributed by atoms with van der Waals surface area (Å²) < 4.78 is 26.5. The maximum Gasteiger partial charge on any atom is 0.285 e. The number of fused-ring (bicyclic) bond motifs is 1. The molecule has 1 aliphatic heterocycles. The van der Waals surface area contributed by atoms with E-state index in [4.69, 9.17) is 0 Å². The molecule has 0 bridgehead atoms. The first kappa shape index (κ1) is 11.4. The van der Waals surface area contributed by atoms with E-state index in [1.807, 2.05) is 13.0 Å². The Morgan fingerprint density at radius 1 is 1.36 bits per heavy atom. The van der Waals surface area contributed by atoms with Gasteiger partial charge in [-0.2, -0.15) is 8.78 Å². The van der Waals surface area contributed by atoms with Crippen LogP contribution in [0.4, 0.5) is 8.78 Å². The van der Waals surface area contributed by atoms with Crippen molar-refractivity contribution in [3.8, 4) is 0 Å². The molecular weight excluding hydrogens is 208 g/mol. The molecule has 1 N–H and O–H groups in total. The van der Waals surface area contributed by atoms with Gasteiger partial charge in [-0.3, -0.25) is 0 Å². The zero-order valence-electron chi connectivity index (χ0n) is 7.81. The molecule has 4 heteroatoms. The molecule has 1 aliphatic rings. The van der Waals surface area contributed by atoms with Crippen molar-refractivity contribution >= 4 is 12.4 Å². The molecule has 0 spiro atoms. The van der Waals surface area contributed by atoms with Gasteiger partial charge in [0.1, 0.15) is 0 Å². The number of halogens is 3. The topological polar surface area (TPSA) is 12.0 Å². The number of hydrogen-bond acceptors (Lipinski definition) is 1. The molecule has 0 atom stereocenters. The van der Waals surface area contributed by atoms with E-state index in [2.05, 4.69) is 5.32 Å². The van der Waals surface area contributed by atoms with E-state index in [-0.39, 0.29) is 24.5 Å². The quantitative estimate of drug-likeness (QED) is 0.707. The SMILES string of the molecule is Cc1ccc2c(c1)CNCC2(F)F.Cl. The van der Waals surface area contributed by atoms with Gasteiger partial charge in [-0.15, -0.1) is 12.4 Å². The molecule has 0 unspecified atom stereocenters. The number of aryl methyl sites for hydroxylation is 1. The van der Waals surface area contributed by atoms with Crippen molar-refractivity contribution in [2.45, 2.75) is 19.4 Å². The monoisotopic (exact) mass is 219 g/mol. The second kappa shape index (κ2) is 3.83. The van der Waals surface area contributed by atoms with Gasteiger partial charge < -0.3 is 5.32 Å². The van der Waals surface area contributed by atoms with E-state index in [0.29, 0.717) is 6.54 Å². The van der Waals surface area contributed by atoms with E-state index in [1.54, 1.807) is 6.07 Å². The van der Waals surface area contributed by atoms with Crippen LogP contribution in [0.5, 0.6) is 0 Å². The summed E-state index contributed by atoms with van der Waals surface area (Å²) in [5.74, 6) is -2.71. The Kier molecular flexibility index (Phi) is 3.12. The summed E-state index contributed by atoms with van der Waals surface area (Å²) in [7, 11) is 0. The Morgan fingerprint density at radius 2 is 2.07 bits per heavy atom. The first-order valence-corrected chi connectivity index (χ1v) is 4.28. The van der Waals surface area contributed by atoms with Crippen molar-refractivity contribution in [1.82, 2.24) is 5.32 Å². The molecular formula is C10H12ClF2N. The average Bonchev–Trinajstić information content (AvgIpc) is 2.02. The molecule has 0 aromatic heterocycles. The van der Waals surface area contributed by atoms with Gasteiger partial charge in [-0.1, -0.05) is 23.8 Å². The lowest BCUT2D eigenvalue weighted by molar-refractivity contribution is -0.0108. The van der Waals surface area contributed by atoms with Crippen LogP contribution in [0.1, 0.15) is 16.7 Å². The lowest BCUT2D eigenvalue weighted by Gasteiger charge is -2.26. The normalized spacial score (nSPS) is 18.2. The number of hydrogen-bond donors (Lipinski definition) is 1. The molecule has 1 aromatic rings. The number of benzene rings is 1. The Morgan fingerprint density at radius 3 is 2.79 bits per heavy atom. The molecule has 2 rings (SSSR count). The smallest absolute Gasteiger partial charge is 0.285 e. The lowest BCUT2D eigenvalue weighted by Crippen LogP contribution is -2.36. The predicted molar refractivity (Wildman–Crippen MR) is 54.0 cm³/mol. The largest absolute Gasteiger partial charge is 0.307 e. The zero-order valence-corrected chi connectivity index (χ0v) is 8.63. The summed E-state index contributed by atoms with van der Waals surface area (Å²) in [6, 6.07) is 5.08. The van der Waals surface area contributed by atoms with Crippen molar-refractivity contribution in [3.63, 3.8) is 0 Å². The minimum atomic E-state index is -2.71. The van der Waals surface area contributed by atoms with Crippen LogP contribution in [0.15, 0.2) is 18.2 Å². The second-order valence-corrected chi connectivity index (χ2v) is 3.47. The third-order valence-corrected chi connectivity index (χ3v) is 2.32. The minimum absolute atomic E-state index is 0. The van der Waals surface area contributed by atoms with Crippen LogP contribution in [0.25, 0.3) is 0 Å². The van der Waals surface area contributed by atoms with Crippen LogP contribution in [0, 0.1) is 6.92 Å². The summed E-state index contributed by atoms with van der Waals surface area (Å²) in [4.78, 5) is 0. The Balaban J connectivity index is 0.000000980. The van der Waals surface area contributed by atoms with E-state index in [1.165, 1.54) is 6.07 Å². The van der Waals surface area contributed by atoms with Crippen LogP contribution < -0.4 is 5.32 Å². The minimum Gasteiger partial charge on any atom is -0.307 e. The summed E-state index contributed by atoms with van der Waals surface area (Å²) >= 11 is 0. The molecule has 78 valence electrons. The Hall–Kier alpha value is -0.670. The molecule has 14 heavy (non-hydrogen) atoms. The van der Waals surface area contributed by atoms with Crippen LogP contribution in [-0.2, 0) is 12.5 Å². The zero-order chi connectivity index (χ0) is 9.47. The first-order valence-electron chi connectivity index (χ1n) is 4.28. The van der Waals surface area contributed by atoms with Crippen molar-refractivity contribution in [1.29, 1.82) is 0 Å². The highest BCUT2D eigenvalue weighted by Crippen LogP contribution is 2.33. The standard InChI is InChI=1S/C10H11F2N.ClH/c1-7-2-3-9-8(4-7)5-13-6-10(9,11)12;/h2-4,13H,5-6H2,1H3;1H. The third-order valence-electron chi connectivity index (χ3n) is 2.32. The van der Waals surface area contributed by atoms with Crippen molar-refractivity contribution in [2.75, 3.05) is 6.54 Å². The van der Waals surface area contributed by atoms with Gasteiger partial charge in [0, 0.05) is 12.1 Å². The third kappa shape index (κ3) is 1.88. The molecule has 0 amide bonds. The van der Waals surface area contributed by atoms with Crippen molar-refractivity contribution < 1.29 is 8.78 Å². The fourth-order valence-corrected chi connectivity index (χ4v) is 1.67. The van der Waals surface area contributed by atoms with Gasteiger partial charge in [0.25, 0.3) is 5.92 Å². The Labute approximate surface area is 87.9 Å². The van der Waals surface area contributed by atoms with Crippen molar-refractivity contribution in [2.24, 2.45) is 0 Å². The summed E-state index contributed by atoms with van der Waals surface area (Å²) in [6.45, 7) is 2.21. The maximum absolute atomic E-state index is 13.3. The highest BCUT2D eigenvalue weighted by Gasteiger charge is 2.36. The average molecular weight is 220 g/mol. The fourth-order valence-electron chi connectivity index (χ4n) is 1.67. The van der Waals surface area contributed by atoms with Gasteiger partial charge >= 0.3 is 0 Å². The van der Waals surface area contributed by atoms with E-state index in [9.17, 15) is 8.78 Å². The maximum atomic E-state index is 13.3. The van der Waals surface area contributed by atoms with Gasteiger partial charge in [0.2, 0.25) is 0 Å². The molecule has 1 aromatic carbocycles. The molecule has 0 radical (unpaired) electrons. The fraction of sp³-hybridized carbons (Fsp3) is 0.400. The van der Waals surface area contributed by atoms with Gasteiger partial charge in [0.05, 0.1) is 6.54 Å². The predicted octanol–water partition coefficient (Wildman–Crippen LogP) is 2.61. The van der Waals surface area contributed by atoms with Gasteiger partial charge in [-0.05, 0) is 12.5 Å². The van der Waals surface area contributed by atoms with Gasteiger partial charge in [-0.25, -0.2) is 0 Å². The van der Waals surface area contributed by atoms with E-state index in [0.717, 1.165) is 11.1 Å². The number of alkyl halides is 2. The van der Waals surface area contributed by atoms with Crippen molar-refractivity contribution in [3.05, 3.63) is 34.9 Å². The van der Waals surface area contributed by atoms with Crippen LogP contribution in [0.3, 0.4) is 0 Å². The summed E-state index contributed by atoms with van der Waals surface area (Å²) in [5, 5.41) is 2.71. The molecule has 0 saturated heterocycles. The lowest BCUT2D eigenvalue weighted by atomic mass is 9.96. The summed E-state index contributed by atoms with van der Waals surface area (Å²) in [5.41, 5.74) is 1.92. The highest BCUT2D eigenvalue weighted by atomic mass is 35.5. The van der Waals surface area contributed by atoms with Crippen LogP contribution in [0.2, 0.25) is 0 Å². The first-order chi connectivity index (χ1) is 6.09. The van der Waals surface area contributed by atoms with Gasteiger partial charge in [0.15, 0.2) is 0 Å². The number of rotatable bonds is 0. The van der Waals surface area contributed by atoms with Crippen LogP contribution in [-0.4, -0.2) is 6.54 Å². The van der Waals surface area contributed by atoms with Crippen LogP contribution >= 0.6 is 12.4 Å². The molecule has 0 aliphatic carbocycles. The molecule has 1 heterocycles. The highest BCUT2D eigenvalue weighted by molar-refractivity contribution is 5.85. The molecule has 0 fully saturated rings. The number of nitrogens with one attached hydrogen (secondary N) is 1. The molecule has 1 nitrogen and oxygen atoms in total. The second-order valence-electron chi connectivity index (χ2n) is 3.47. The van der Waals surface area contributed by atoms with E-state index < -0.39 is 5.92 Å². The van der Waals surface area contributed by atoms with E-state index >= 15 is 0 Å². The Bertz CT molecular complexity index is 339. The molecule has 0 saturated carbocycles. The summed E-state index contributed by atoms with van der Waals surface area (Å²) in [6.07, 6.45) is 0.